The number of aromatic nitrogens is 2. The lowest BCUT2D eigenvalue weighted by Gasteiger charge is -2.21. The molecule has 0 radical (unpaired) electrons. The molecular weight excluding hydrogens is 392 g/mol. The van der Waals surface area contributed by atoms with Gasteiger partial charge >= 0.3 is 0 Å². The summed E-state index contributed by atoms with van der Waals surface area (Å²) in [6, 6.07) is 5.25. The third kappa shape index (κ3) is 3.69. The smallest absolute Gasteiger partial charge is 0.292 e. The Morgan fingerprint density at radius 2 is 2.03 bits per heavy atom. The minimum absolute atomic E-state index is 0.0685. The fraction of sp³-hybridized carbons (Fsp3) is 0.429. The van der Waals surface area contributed by atoms with Crippen LogP contribution in [0.3, 0.4) is 0 Å². The highest BCUT2D eigenvalue weighted by Crippen LogP contribution is 2.39. The molecule has 0 aliphatic heterocycles. The van der Waals surface area contributed by atoms with Crippen molar-refractivity contribution < 1.29 is 17.6 Å². The number of methoxy groups -OCH3 is 1. The van der Waals surface area contributed by atoms with Gasteiger partial charge in [0.2, 0.25) is 0 Å². The van der Waals surface area contributed by atoms with Crippen LogP contribution in [-0.4, -0.2) is 30.8 Å². The summed E-state index contributed by atoms with van der Waals surface area (Å²) in [4.78, 5) is 16.9. The average Bonchev–Trinajstić information content (AvgIpc) is 3.04. The van der Waals surface area contributed by atoms with Crippen LogP contribution in [-0.2, 0) is 22.6 Å². The maximum Gasteiger partial charge on any atom is 0.292 e. The van der Waals surface area contributed by atoms with Gasteiger partial charge in [0.1, 0.15) is 5.52 Å². The topological polar surface area (TPSA) is 91.4 Å². The summed E-state index contributed by atoms with van der Waals surface area (Å²) < 4.78 is 37.2. The van der Waals surface area contributed by atoms with Crippen molar-refractivity contribution in [3.8, 4) is 16.9 Å². The summed E-state index contributed by atoms with van der Waals surface area (Å²) in [6.07, 6.45) is 4.96. The summed E-state index contributed by atoms with van der Waals surface area (Å²) in [5.74, 6) is 1.22. The molecule has 0 saturated heterocycles. The normalized spacial score (nSPS) is 14.9. The van der Waals surface area contributed by atoms with E-state index in [0.29, 0.717) is 39.6 Å². The summed E-state index contributed by atoms with van der Waals surface area (Å²) in [7, 11) is -0.111. The molecule has 2 aromatic heterocycles. The molecule has 0 atom stereocenters. The van der Waals surface area contributed by atoms with Crippen LogP contribution in [0, 0.1) is 0 Å². The van der Waals surface area contributed by atoms with Gasteiger partial charge in [0.25, 0.3) is 5.56 Å². The predicted molar refractivity (Wildman–Crippen MR) is 111 cm³/mol. The van der Waals surface area contributed by atoms with E-state index in [4.69, 9.17) is 9.15 Å². The Labute approximate surface area is 169 Å². The van der Waals surface area contributed by atoms with Gasteiger partial charge in [-0.25, -0.2) is 13.4 Å². The van der Waals surface area contributed by atoms with Crippen molar-refractivity contribution in [3.63, 3.8) is 0 Å². The highest BCUT2D eigenvalue weighted by Gasteiger charge is 2.26. The molecule has 4 rings (SSSR count). The minimum atomic E-state index is -3.21. The van der Waals surface area contributed by atoms with Crippen LogP contribution in [0.5, 0.6) is 5.75 Å². The van der Waals surface area contributed by atoms with Gasteiger partial charge in [-0.1, -0.05) is 13.3 Å². The zero-order valence-corrected chi connectivity index (χ0v) is 17.6. The van der Waals surface area contributed by atoms with Gasteiger partial charge in [0, 0.05) is 36.0 Å². The Kier molecular flexibility index (Phi) is 4.98. The van der Waals surface area contributed by atoms with Crippen LogP contribution in [0.25, 0.3) is 22.2 Å². The number of sulfone groups is 1. The molecule has 0 bridgehead atoms. The first-order valence-electron chi connectivity index (χ1n) is 9.70. The van der Waals surface area contributed by atoms with Crippen LogP contribution in [0.15, 0.2) is 33.6 Å². The zero-order valence-electron chi connectivity index (χ0n) is 16.8. The van der Waals surface area contributed by atoms with Gasteiger partial charge in [0.15, 0.2) is 27.1 Å². The van der Waals surface area contributed by atoms with Crippen molar-refractivity contribution in [2.45, 2.75) is 37.9 Å². The van der Waals surface area contributed by atoms with E-state index in [0.717, 1.165) is 19.3 Å². The first-order valence-corrected chi connectivity index (χ1v) is 11.5. The molecule has 1 aliphatic carbocycles. The average molecular weight is 416 g/mol. The van der Waals surface area contributed by atoms with E-state index in [9.17, 15) is 13.2 Å². The fourth-order valence-electron chi connectivity index (χ4n) is 3.57. The van der Waals surface area contributed by atoms with Gasteiger partial charge < -0.3 is 13.7 Å². The molecule has 3 aromatic rings. The number of ether oxygens (including phenoxy) is 1. The van der Waals surface area contributed by atoms with Crippen LogP contribution in [0.2, 0.25) is 0 Å². The SMILES string of the molecule is CCS(=O)(=O)Cc1cc(-c2cc(OC)c(=O)n(C)c2)c2oc(C3CCC3)nc2c1. The van der Waals surface area contributed by atoms with Crippen molar-refractivity contribution >= 4 is 20.9 Å². The van der Waals surface area contributed by atoms with E-state index in [-0.39, 0.29) is 22.8 Å². The molecule has 2 heterocycles. The Morgan fingerprint density at radius 3 is 2.66 bits per heavy atom. The number of pyridine rings is 1. The number of hydrogen-bond acceptors (Lipinski definition) is 6. The van der Waals surface area contributed by atoms with E-state index in [1.165, 1.54) is 11.7 Å². The minimum Gasteiger partial charge on any atom is -0.491 e. The molecule has 8 heteroatoms. The molecule has 1 saturated carbocycles. The van der Waals surface area contributed by atoms with Crippen LogP contribution < -0.4 is 10.3 Å². The van der Waals surface area contributed by atoms with Crippen molar-refractivity contribution in [2.24, 2.45) is 7.05 Å². The molecule has 0 unspecified atom stereocenters. The van der Waals surface area contributed by atoms with Gasteiger partial charge in [0.05, 0.1) is 12.9 Å². The second-order valence-corrected chi connectivity index (χ2v) is 9.91. The number of oxazole rings is 1. The highest BCUT2D eigenvalue weighted by molar-refractivity contribution is 7.90. The molecule has 154 valence electrons. The van der Waals surface area contributed by atoms with Gasteiger partial charge in [-0.15, -0.1) is 0 Å². The lowest BCUT2D eigenvalue weighted by Crippen LogP contribution is -2.17. The fourth-order valence-corrected chi connectivity index (χ4v) is 4.45. The maximum absolute atomic E-state index is 12.2. The standard InChI is InChI=1S/C21H24N2O5S/c1-4-29(25,26)12-13-8-16(15-10-18(27-3)21(24)23(2)11-15)19-17(9-13)22-20(28-19)14-6-5-7-14/h8-11,14H,4-7,12H2,1-3H3. The van der Waals surface area contributed by atoms with Gasteiger partial charge in [-0.05, 0) is 36.6 Å². The number of benzene rings is 1. The quantitative estimate of drug-likeness (QED) is 0.612. The second kappa shape index (κ2) is 7.33. The molecule has 0 amide bonds. The van der Waals surface area contributed by atoms with E-state index in [2.05, 4.69) is 4.98 Å². The van der Waals surface area contributed by atoms with E-state index in [1.807, 2.05) is 6.07 Å². The Morgan fingerprint density at radius 1 is 1.28 bits per heavy atom. The zero-order chi connectivity index (χ0) is 20.8. The number of aryl methyl sites for hydroxylation is 1. The molecule has 0 spiro atoms. The molecule has 0 N–H and O–H groups in total. The molecule has 1 aromatic carbocycles. The largest absolute Gasteiger partial charge is 0.491 e. The van der Waals surface area contributed by atoms with Crippen molar-refractivity contribution in [1.82, 2.24) is 9.55 Å². The summed E-state index contributed by atoms with van der Waals surface area (Å²) in [6.45, 7) is 1.64. The second-order valence-electron chi connectivity index (χ2n) is 7.56. The molecule has 7 nitrogen and oxygen atoms in total. The van der Waals surface area contributed by atoms with E-state index < -0.39 is 9.84 Å². The Bertz CT molecular complexity index is 1240. The predicted octanol–water partition coefficient (Wildman–Crippen LogP) is 3.40. The van der Waals surface area contributed by atoms with Crippen molar-refractivity contribution in [2.75, 3.05) is 12.9 Å². The van der Waals surface area contributed by atoms with Crippen molar-refractivity contribution in [1.29, 1.82) is 0 Å². The van der Waals surface area contributed by atoms with Crippen LogP contribution in [0.4, 0.5) is 0 Å². The van der Waals surface area contributed by atoms with Crippen LogP contribution >= 0.6 is 0 Å². The molecular formula is C21H24N2O5S. The lowest BCUT2D eigenvalue weighted by atomic mass is 9.85. The van der Waals surface area contributed by atoms with E-state index >= 15 is 0 Å². The van der Waals surface area contributed by atoms with Crippen LogP contribution in [0.1, 0.15) is 43.6 Å². The first-order chi connectivity index (χ1) is 13.8. The van der Waals surface area contributed by atoms with E-state index in [1.54, 1.807) is 32.3 Å². The highest BCUT2D eigenvalue weighted by atomic mass is 32.2. The lowest BCUT2D eigenvalue weighted by molar-refractivity contribution is 0.344. The Balaban J connectivity index is 1.93. The third-order valence-electron chi connectivity index (χ3n) is 5.53. The number of hydrogen-bond donors (Lipinski definition) is 0. The first kappa shape index (κ1) is 19.7. The molecule has 1 fully saturated rings. The number of fused-ring (bicyclic) bond motifs is 1. The summed E-state index contributed by atoms with van der Waals surface area (Å²) in [5.41, 5.74) is 3.06. The monoisotopic (exact) mass is 416 g/mol. The summed E-state index contributed by atoms with van der Waals surface area (Å²) >= 11 is 0. The number of nitrogens with zero attached hydrogens (tertiary/aromatic N) is 2. The number of rotatable bonds is 6. The summed E-state index contributed by atoms with van der Waals surface area (Å²) in [5, 5.41) is 0. The maximum atomic E-state index is 12.2. The third-order valence-corrected chi connectivity index (χ3v) is 7.18. The van der Waals surface area contributed by atoms with Crippen molar-refractivity contribution in [3.05, 3.63) is 46.2 Å². The molecule has 1 aliphatic rings. The van der Waals surface area contributed by atoms with Gasteiger partial charge in [-0.2, -0.15) is 0 Å². The Hall–Kier alpha value is -2.61. The van der Waals surface area contributed by atoms with Gasteiger partial charge in [-0.3, -0.25) is 4.79 Å². The molecule has 29 heavy (non-hydrogen) atoms.